The molecule has 58 heavy (non-hydrogen) atoms. The average Bonchev–Trinajstić information content (AvgIpc) is 3.72. The molecule has 3 aliphatic rings. The number of fused-ring (bicyclic) bond motifs is 1. The van der Waals surface area contributed by atoms with Gasteiger partial charge in [0.25, 0.3) is 6.47 Å². The zero-order valence-electron chi connectivity index (χ0n) is 34.9. The lowest BCUT2D eigenvalue weighted by molar-refractivity contribution is -0.128. The Bertz CT molecular complexity index is 1770. The predicted molar refractivity (Wildman–Crippen MR) is 245 cm³/mol. The molecule has 0 bridgehead atoms. The quantitative estimate of drug-likeness (QED) is 0.0532. The molecule has 312 valence electrons. The van der Waals surface area contributed by atoms with Gasteiger partial charge in [-0.25, -0.2) is 0 Å². The SMILES string of the molecule is C#C/C(CSC)=C1/Sc2c(C3CCC(c4ccc(OCCCCCCOC)cc4)CC3)ccc(C3CCC(c4ccc(OCCCCCCOC=O)cc4)CC3)c2S1. The van der Waals surface area contributed by atoms with Gasteiger partial charge >= 0.3 is 0 Å². The van der Waals surface area contributed by atoms with E-state index in [1.165, 1.54) is 89.4 Å². The van der Waals surface area contributed by atoms with Gasteiger partial charge in [0, 0.05) is 34.8 Å². The summed E-state index contributed by atoms with van der Waals surface area (Å²) >= 11 is 5.75. The molecule has 2 saturated carbocycles. The summed E-state index contributed by atoms with van der Waals surface area (Å²) in [6, 6.07) is 22.9. The van der Waals surface area contributed by atoms with E-state index in [1.807, 2.05) is 35.3 Å². The van der Waals surface area contributed by atoms with Crippen molar-refractivity contribution >= 4 is 41.8 Å². The van der Waals surface area contributed by atoms with Gasteiger partial charge in [-0.1, -0.05) is 72.3 Å². The number of thioether (sulfide) groups is 3. The maximum atomic E-state index is 10.3. The van der Waals surface area contributed by atoms with Crippen LogP contribution in [0.2, 0.25) is 0 Å². The molecule has 6 rings (SSSR count). The zero-order valence-corrected chi connectivity index (χ0v) is 37.3. The Balaban J connectivity index is 1.03. The number of benzene rings is 3. The highest BCUT2D eigenvalue weighted by atomic mass is 32.2. The van der Waals surface area contributed by atoms with Gasteiger partial charge in [-0.2, -0.15) is 11.8 Å². The van der Waals surface area contributed by atoms with Crippen LogP contribution in [-0.2, 0) is 14.3 Å². The van der Waals surface area contributed by atoms with Crippen molar-refractivity contribution in [2.45, 2.75) is 136 Å². The monoisotopic (exact) mass is 840 g/mol. The Morgan fingerprint density at radius 1 is 0.638 bits per heavy atom. The van der Waals surface area contributed by atoms with Crippen LogP contribution in [0, 0.1) is 12.3 Å². The molecule has 0 N–H and O–H groups in total. The van der Waals surface area contributed by atoms with E-state index < -0.39 is 0 Å². The molecule has 1 aliphatic heterocycles. The van der Waals surface area contributed by atoms with Crippen LogP contribution in [0.3, 0.4) is 0 Å². The molecule has 0 spiro atoms. The van der Waals surface area contributed by atoms with Crippen molar-refractivity contribution in [2.75, 3.05) is 45.5 Å². The molecule has 0 saturated heterocycles. The van der Waals surface area contributed by atoms with Gasteiger partial charge < -0.3 is 18.9 Å². The third-order valence-electron chi connectivity index (χ3n) is 12.3. The highest BCUT2D eigenvalue weighted by molar-refractivity contribution is 8.24. The molecule has 2 aliphatic carbocycles. The van der Waals surface area contributed by atoms with Crippen LogP contribution in [0.5, 0.6) is 11.5 Å². The summed E-state index contributed by atoms with van der Waals surface area (Å²) in [5, 5.41) is 0. The number of unbranched alkanes of at least 4 members (excludes halogenated alkanes) is 6. The second kappa shape index (κ2) is 24.3. The van der Waals surface area contributed by atoms with E-state index in [2.05, 4.69) is 72.8 Å². The normalized spacial score (nSPS) is 21.2. The highest BCUT2D eigenvalue weighted by Crippen LogP contribution is 2.59. The molecule has 8 heteroatoms. The predicted octanol–water partition coefficient (Wildman–Crippen LogP) is 13.7. The van der Waals surface area contributed by atoms with Crippen molar-refractivity contribution in [3.05, 3.63) is 92.7 Å². The van der Waals surface area contributed by atoms with E-state index in [-0.39, 0.29) is 0 Å². The van der Waals surface area contributed by atoms with Gasteiger partial charge in [0.05, 0.1) is 24.1 Å². The lowest BCUT2D eigenvalue weighted by Crippen LogP contribution is -2.15. The van der Waals surface area contributed by atoms with Crippen molar-refractivity contribution < 1.29 is 23.7 Å². The van der Waals surface area contributed by atoms with Crippen LogP contribution in [0.15, 0.2) is 80.3 Å². The number of terminal acetylenes is 1. The van der Waals surface area contributed by atoms with E-state index in [4.69, 9.17) is 25.4 Å². The number of carbonyl (C=O) groups is 1. The zero-order chi connectivity index (χ0) is 40.4. The average molecular weight is 841 g/mol. The van der Waals surface area contributed by atoms with Crippen molar-refractivity contribution in [2.24, 2.45) is 0 Å². The van der Waals surface area contributed by atoms with Crippen LogP contribution < -0.4 is 9.47 Å². The van der Waals surface area contributed by atoms with Crippen molar-refractivity contribution in [1.82, 2.24) is 0 Å². The van der Waals surface area contributed by atoms with Crippen LogP contribution in [0.1, 0.15) is 149 Å². The Morgan fingerprint density at radius 3 is 1.48 bits per heavy atom. The highest BCUT2D eigenvalue weighted by Gasteiger charge is 2.34. The molecular weight excluding hydrogens is 777 g/mol. The van der Waals surface area contributed by atoms with Crippen LogP contribution in [0.25, 0.3) is 0 Å². The summed E-state index contributed by atoms with van der Waals surface area (Å²) in [6.45, 7) is 3.39. The van der Waals surface area contributed by atoms with Gasteiger partial charge in [0.2, 0.25) is 0 Å². The first kappa shape index (κ1) is 44.6. The van der Waals surface area contributed by atoms with Gasteiger partial charge in [-0.3, -0.25) is 4.79 Å². The fourth-order valence-corrected chi connectivity index (χ4v) is 12.6. The number of hydrogen-bond acceptors (Lipinski definition) is 8. The minimum atomic E-state index is 0.511. The molecule has 0 radical (unpaired) electrons. The van der Waals surface area contributed by atoms with Crippen molar-refractivity contribution in [3.63, 3.8) is 0 Å². The Hall–Kier alpha value is -2.96. The van der Waals surface area contributed by atoms with Gasteiger partial charge in [0.15, 0.2) is 0 Å². The standard InChI is InChI=1S/C50H64O5S3/c1-4-37(35-56-3)50-57-48-46(42-17-13-38(14-18-42)40-21-25-44(26-22-40)54-33-11-7-5-9-31-52-2)29-30-47(49(48)58-50)43-19-15-39(16-20-43)41-23-27-45(28-24-41)55-34-12-8-6-10-32-53-36-51/h1,21-30,36,38-39,42-43H,5-20,31-35H2,2-3H3/b50-37+. The van der Waals surface area contributed by atoms with Crippen molar-refractivity contribution in [1.29, 1.82) is 0 Å². The fraction of sp³-hybridized carbons (Fsp3) is 0.540. The Morgan fingerprint density at radius 2 is 1.07 bits per heavy atom. The van der Waals surface area contributed by atoms with E-state index >= 15 is 0 Å². The summed E-state index contributed by atoms with van der Waals surface area (Å²) in [7, 11) is 1.77. The molecule has 0 amide bonds. The molecule has 3 aromatic carbocycles. The lowest BCUT2D eigenvalue weighted by Gasteiger charge is -2.32. The minimum absolute atomic E-state index is 0.511. The van der Waals surface area contributed by atoms with Gasteiger partial charge in [-0.15, -0.1) is 6.42 Å². The number of carbonyl (C=O) groups excluding carboxylic acids is 1. The number of rotatable bonds is 23. The molecule has 0 aromatic heterocycles. The first-order chi connectivity index (χ1) is 28.6. The Kier molecular flexibility index (Phi) is 18.7. The molecule has 5 nitrogen and oxygen atoms in total. The first-order valence-corrected chi connectivity index (χ1v) is 24.8. The summed E-state index contributed by atoms with van der Waals surface area (Å²) < 4.78 is 23.3. The van der Waals surface area contributed by atoms with E-state index in [9.17, 15) is 4.79 Å². The molecule has 3 aromatic rings. The maximum absolute atomic E-state index is 10.3. The molecule has 1 heterocycles. The van der Waals surface area contributed by atoms with E-state index in [0.29, 0.717) is 36.8 Å². The second-order valence-corrected chi connectivity index (χ2v) is 19.3. The lowest BCUT2D eigenvalue weighted by atomic mass is 9.74. The topological polar surface area (TPSA) is 54.0 Å². The van der Waals surface area contributed by atoms with Crippen LogP contribution in [0.4, 0.5) is 0 Å². The fourth-order valence-electron chi connectivity index (χ4n) is 9.00. The largest absolute Gasteiger partial charge is 0.494 e. The van der Waals surface area contributed by atoms with Gasteiger partial charge in [-0.05, 0) is 173 Å². The molecule has 0 atom stereocenters. The number of methoxy groups -OCH3 is 1. The van der Waals surface area contributed by atoms with Crippen LogP contribution in [-0.4, -0.2) is 52.0 Å². The molecule has 0 unspecified atom stereocenters. The summed E-state index contributed by atoms with van der Waals surface area (Å²) in [5.41, 5.74) is 7.14. The Labute approximate surface area is 362 Å². The number of hydrogen-bond donors (Lipinski definition) is 0. The first-order valence-electron chi connectivity index (χ1n) is 21.8. The van der Waals surface area contributed by atoms with E-state index in [0.717, 1.165) is 81.2 Å². The van der Waals surface area contributed by atoms with E-state index in [1.54, 1.807) is 18.2 Å². The summed E-state index contributed by atoms with van der Waals surface area (Å²) in [4.78, 5) is 13.3. The molecule has 2 fully saturated rings. The van der Waals surface area contributed by atoms with Crippen LogP contribution >= 0.6 is 35.3 Å². The number of ether oxygens (including phenoxy) is 4. The maximum Gasteiger partial charge on any atom is 0.293 e. The van der Waals surface area contributed by atoms with Crippen molar-refractivity contribution in [3.8, 4) is 23.8 Å². The molecular formula is C50H64O5S3. The smallest absolute Gasteiger partial charge is 0.293 e. The third-order valence-corrected chi connectivity index (χ3v) is 15.7. The minimum Gasteiger partial charge on any atom is -0.494 e. The summed E-state index contributed by atoms with van der Waals surface area (Å²) in [6.07, 6.45) is 26.7. The summed E-state index contributed by atoms with van der Waals surface area (Å²) in [5.74, 6) is 8.27. The third kappa shape index (κ3) is 12.8. The van der Waals surface area contributed by atoms with Gasteiger partial charge in [0.1, 0.15) is 11.5 Å². The second-order valence-electron chi connectivity index (χ2n) is 16.2.